The SMILES string of the molecule is CC(C)NCc1ccccc1.CCCC.CCCC.CCN(CC)C1CCN(C(C)C)C1. The maximum Gasteiger partial charge on any atom is 0.0235 e. The largest absolute Gasteiger partial charge is 0.310 e. The van der Waals surface area contributed by atoms with Gasteiger partial charge in [-0.25, -0.2) is 0 Å². The van der Waals surface area contributed by atoms with Gasteiger partial charge >= 0.3 is 0 Å². The quantitative estimate of drug-likeness (QED) is 0.418. The van der Waals surface area contributed by atoms with Crippen LogP contribution in [0.3, 0.4) is 0 Å². The van der Waals surface area contributed by atoms with E-state index in [0.29, 0.717) is 6.04 Å². The predicted molar refractivity (Wildman–Crippen MR) is 148 cm³/mol. The Kier molecular flexibility index (Phi) is 24.2. The van der Waals surface area contributed by atoms with Crippen LogP contribution in [0.2, 0.25) is 0 Å². The van der Waals surface area contributed by atoms with Gasteiger partial charge in [0, 0.05) is 37.8 Å². The maximum atomic E-state index is 3.36. The number of likely N-dealkylation sites (tertiary alicyclic amines) is 1. The first kappa shape index (κ1) is 33.3. The second kappa shape index (κ2) is 23.3. The Bertz CT molecular complexity index is 461. The van der Waals surface area contributed by atoms with Crippen molar-refractivity contribution in [3.05, 3.63) is 35.9 Å². The number of nitrogens with zero attached hydrogens (tertiary/aromatic N) is 2. The third-order valence-electron chi connectivity index (χ3n) is 5.81. The maximum absolute atomic E-state index is 3.36. The Morgan fingerprint density at radius 1 is 0.844 bits per heavy atom. The van der Waals surface area contributed by atoms with Gasteiger partial charge in [0.05, 0.1) is 0 Å². The third kappa shape index (κ3) is 18.7. The number of nitrogens with one attached hydrogen (secondary N) is 1. The normalized spacial score (nSPS) is 15.6. The van der Waals surface area contributed by atoms with E-state index in [4.69, 9.17) is 0 Å². The molecule has 32 heavy (non-hydrogen) atoms. The van der Waals surface area contributed by atoms with Crippen molar-refractivity contribution in [1.29, 1.82) is 0 Å². The summed E-state index contributed by atoms with van der Waals surface area (Å²) in [4.78, 5) is 5.17. The van der Waals surface area contributed by atoms with E-state index in [1.165, 1.54) is 63.8 Å². The van der Waals surface area contributed by atoms with E-state index in [-0.39, 0.29) is 0 Å². The second-order valence-corrected chi connectivity index (χ2v) is 9.27. The summed E-state index contributed by atoms with van der Waals surface area (Å²) in [5.41, 5.74) is 1.35. The number of hydrogen-bond acceptors (Lipinski definition) is 3. The minimum atomic E-state index is 0.565. The minimum absolute atomic E-state index is 0.565. The molecule has 1 aliphatic heterocycles. The molecular formula is C29H59N3. The van der Waals surface area contributed by atoms with Crippen LogP contribution in [0.15, 0.2) is 30.3 Å². The second-order valence-electron chi connectivity index (χ2n) is 9.27. The summed E-state index contributed by atoms with van der Waals surface area (Å²) < 4.78 is 0. The molecule has 1 aromatic carbocycles. The van der Waals surface area contributed by atoms with Gasteiger partial charge in [0.25, 0.3) is 0 Å². The van der Waals surface area contributed by atoms with Crippen LogP contribution in [-0.4, -0.2) is 54.1 Å². The van der Waals surface area contributed by atoms with Gasteiger partial charge in [-0.05, 0) is 38.9 Å². The fourth-order valence-corrected chi connectivity index (χ4v) is 3.19. The Hall–Kier alpha value is -0.900. The summed E-state index contributed by atoms with van der Waals surface area (Å²) in [7, 11) is 0. The van der Waals surface area contributed by atoms with E-state index in [1.807, 2.05) is 6.07 Å². The first-order valence-electron chi connectivity index (χ1n) is 13.6. The van der Waals surface area contributed by atoms with Crippen LogP contribution in [-0.2, 0) is 6.54 Å². The van der Waals surface area contributed by atoms with Crippen LogP contribution in [0.5, 0.6) is 0 Å². The van der Waals surface area contributed by atoms with Gasteiger partial charge in [-0.1, -0.05) is 111 Å². The van der Waals surface area contributed by atoms with Gasteiger partial charge < -0.3 is 5.32 Å². The van der Waals surface area contributed by atoms with Gasteiger partial charge in [-0.2, -0.15) is 0 Å². The smallest absolute Gasteiger partial charge is 0.0235 e. The van der Waals surface area contributed by atoms with E-state index in [9.17, 15) is 0 Å². The first-order chi connectivity index (χ1) is 15.3. The van der Waals surface area contributed by atoms with Crippen LogP contribution in [0.4, 0.5) is 0 Å². The summed E-state index contributed by atoms with van der Waals surface area (Å²) in [6.45, 7) is 28.1. The molecule has 1 saturated heterocycles. The van der Waals surface area contributed by atoms with Crippen LogP contribution < -0.4 is 5.32 Å². The molecule has 1 aromatic rings. The molecule has 0 saturated carbocycles. The molecule has 0 spiro atoms. The minimum Gasteiger partial charge on any atom is -0.310 e. The highest BCUT2D eigenvalue weighted by molar-refractivity contribution is 5.14. The fraction of sp³-hybridized carbons (Fsp3) is 0.793. The lowest BCUT2D eigenvalue weighted by atomic mass is 10.2. The molecule has 0 radical (unpaired) electrons. The zero-order chi connectivity index (χ0) is 24.8. The van der Waals surface area contributed by atoms with E-state index in [2.05, 4.69) is 109 Å². The Morgan fingerprint density at radius 2 is 1.34 bits per heavy atom. The summed E-state index contributed by atoms with van der Waals surface area (Å²) in [5.74, 6) is 0. The van der Waals surface area contributed by atoms with E-state index >= 15 is 0 Å². The highest BCUT2D eigenvalue weighted by Crippen LogP contribution is 2.17. The van der Waals surface area contributed by atoms with Crippen molar-refractivity contribution in [1.82, 2.24) is 15.1 Å². The molecule has 2 rings (SSSR count). The zero-order valence-corrected chi connectivity index (χ0v) is 23.6. The predicted octanol–water partition coefficient (Wildman–Crippen LogP) is 7.61. The van der Waals surface area contributed by atoms with Gasteiger partial charge in [0.15, 0.2) is 0 Å². The van der Waals surface area contributed by atoms with Gasteiger partial charge in [-0.3, -0.25) is 9.80 Å². The van der Waals surface area contributed by atoms with Crippen molar-refractivity contribution in [3.8, 4) is 0 Å². The molecule has 1 unspecified atom stereocenters. The molecule has 0 bridgehead atoms. The summed E-state index contributed by atoms with van der Waals surface area (Å²) in [6, 6.07) is 12.5. The molecule has 1 N–H and O–H groups in total. The third-order valence-corrected chi connectivity index (χ3v) is 5.81. The summed E-state index contributed by atoms with van der Waals surface area (Å²) in [6.07, 6.45) is 6.64. The van der Waals surface area contributed by atoms with E-state index in [0.717, 1.165) is 18.6 Å². The van der Waals surface area contributed by atoms with Crippen molar-refractivity contribution in [3.63, 3.8) is 0 Å². The first-order valence-corrected chi connectivity index (χ1v) is 13.6. The van der Waals surface area contributed by atoms with Gasteiger partial charge in [-0.15, -0.1) is 0 Å². The molecular weight excluding hydrogens is 390 g/mol. The molecule has 1 fully saturated rings. The summed E-state index contributed by atoms with van der Waals surface area (Å²) in [5, 5.41) is 3.36. The van der Waals surface area contributed by atoms with Gasteiger partial charge in [0.2, 0.25) is 0 Å². The fourth-order valence-electron chi connectivity index (χ4n) is 3.19. The summed E-state index contributed by atoms with van der Waals surface area (Å²) >= 11 is 0. The van der Waals surface area contributed by atoms with Crippen molar-refractivity contribution >= 4 is 0 Å². The van der Waals surface area contributed by atoms with Crippen molar-refractivity contribution in [2.45, 2.75) is 126 Å². The van der Waals surface area contributed by atoms with E-state index < -0.39 is 0 Å². The highest BCUT2D eigenvalue weighted by Gasteiger charge is 2.27. The molecule has 1 atom stereocenters. The lowest BCUT2D eigenvalue weighted by Crippen LogP contribution is -2.38. The molecule has 0 amide bonds. The Labute approximate surface area is 203 Å². The van der Waals surface area contributed by atoms with Crippen molar-refractivity contribution in [2.75, 3.05) is 26.2 Å². The van der Waals surface area contributed by atoms with Crippen LogP contribution >= 0.6 is 0 Å². The van der Waals surface area contributed by atoms with Crippen LogP contribution in [0.25, 0.3) is 0 Å². The molecule has 1 heterocycles. The Balaban J connectivity index is 0. The van der Waals surface area contributed by atoms with Crippen LogP contribution in [0, 0.1) is 0 Å². The van der Waals surface area contributed by atoms with E-state index in [1.54, 1.807) is 0 Å². The monoisotopic (exact) mass is 449 g/mol. The molecule has 190 valence electrons. The number of unbranched alkanes of at least 4 members (excludes halogenated alkanes) is 2. The van der Waals surface area contributed by atoms with Gasteiger partial charge in [0.1, 0.15) is 0 Å². The highest BCUT2D eigenvalue weighted by atomic mass is 15.3. The molecule has 0 aromatic heterocycles. The number of rotatable bonds is 9. The topological polar surface area (TPSA) is 18.5 Å². The molecule has 0 aliphatic carbocycles. The number of likely N-dealkylation sites (N-methyl/N-ethyl adjacent to an activating group) is 1. The standard InChI is InChI=1S/C11H24N2.C10H15N.2C4H10/c1-5-12(6-2)11-7-8-13(9-11)10(3)4;1-9(2)11-8-10-6-4-3-5-7-10;2*1-3-4-2/h10-11H,5-9H2,1-4H3;3-7,9,11H,8H2,1-2H3;2*3-4H2,1-2H3. The molecule has 1 aliphatic rings. The number of benzene rings is 1. The lowest BCUT2D eigenvalue weighted by molar-refractivity contribution is 0.198. The Morgan fingerprint density at radius 3 is 1.69 bits per heavy atom. The van der Waals surface area contributed by atoms with Crippen LogP contribution in [0.1, 0.15) is 107 Å². The van der Waals surface area contributed by atoms with Crippen molar-refractivity contribution in [2.24, 2.45) is 0 Å². The zero-order valence-electron chi connectivity index (χ0n) is 23.6. The molecule has 3 heteroatoms. The average Bonchev–Trinajstić information content (AvgIpc) is 3.30. The number of hydrogen-bond donors (Lipinski definition) is 1. The molecule has 3 nitrogen and oxygen atoms in total. The average molecular weight is 450 g/mol. The van der Waals surface area contributed by atoms with Crippen molar-refractivity contribution < 1.29 is 0 Å². The lowest BCUT2D eigenvalue weighted by Gasteiger charge is -2.27.